The van der Waals surface area contributed by atoms with Gasteiger partial charge in [-0.15, -0.1) is 0 Å². The summed E-state index contributed by atoms with van der Waals surface area (Å²) in [6.07, 6.45) is 7.83. The van der Waals surface area contributed by atoms with Gasteiger partial charge in [0.1, 0.15) is 5.65 Å². The summed E-state index contributed by atoms with van der Waals surface area (Å²) >= 11 is 6.02. The van der Waals surface area contributed by atoms with Crippen molar-refractivity contribution in [3.05, 3.63) is 35.2 Å². The number of likely N-dealkylation sites (tertiary alicyclic amines) is 1. The molecule has 112 valence electrons. The highest BCUT2D eigenvalue weighted by Crippen LogP contribution is 2.35. The van der Waals surface area contributed by atoms with Crippen LogP contribution in [-0.2, 0) is 6.54 Å². The van der Waals surface area contributed by atoms with Crippen LogP contribution in [0.4, 0.5) is 0 Å². The second-order valence-corrected chi connectivity index (χ2v) is 6.99. The number of hydrogen-bond acceptors (Lipinski definition) is 3. The number of pyridine rings is 1. The summed E-state index contributed by atoms with van der Waals surface area (Å²) in [4.78, 5) is 7.20. The monoisotopic (exact) mass is 304 g/mol. The van der Waals surface area contributed by atoms with Crippen LogP contribution >= 0.6 is 11.6 Å². The van der Waals surface area contributed by atoms with E-state index in [1.807, 2.05) is 22.7 Å². The molecule has 2 aromatic heterocycles. The average Bonchev–Trinajstić information content (AvgIpc) is 3.02. The molecule has 0 aromatic carbocycles. The van der Waals surface area contributed by atoms with Crippen LogP contribution < -0.4 is 5.73 Å². The van der Waals surface area contributed by atoms with Crippen molar-refractivity contribution < 1.29 is 0 Å². The van der Waals surface area contributed by atoms with Gasteiger partial charge in [-0.3, -0.25) is 4.90 Å². The van der Waals surface area contributed by atoms with Crippen LogP contribution in [0.2, 0.25) is 5.02 Å². The van der Waals surface area contributed by atoms with E-state index < -0.39 is 0 Å². The molecule has 3 heterocycles. The molecule has 2 aliphatic rings. The third-order valence-corrected chi connectivity index (χ3v) is 5.30. The first kappa shape index (κ1) is 13.6. The number of aromatic nitrogens is 2. The van der Waals surface area contributed by atoms with E-state index in [-0.39, 0.29) is 0 Å². The Kier molecular flexibility index (Phi) is 3.40. The molecule has 2 N–H and O–H groups in total. The van der Waals surface area contributed by atoms with Crippen molar-refractivity contribution in [1.29, 1.82) is 0 Å². The Morgan fingerprint density at radius 1 is 1.24 bits per heavy atom. The van der Waals surface area contributed by atoms with Gasteiger partial charge in [-0.25, -0.2) is 4.98 Å². The van der Waals surface area contributed by atoms with Crippen LogP contribution in [0.15, 0.2) is 24.5 Å². The lowest BCUT2D eigenvalue weighted by Gasteiger charge is -2.29. The SMILES string of the molecule is NC1CCCC2CN(Cc3cn4cc(Cl)ccc4n3)CC12. The van der Waals surface area contributed by atoms with E-state index in [1.165, 1.54) is 25.8 Å². The Morgan fingerprint density at radius 3 is 3.00 bits per heavy atom. The van der Waals surface area contributed by atoms with Gasteiger partial charge in [0.25, 0.3) is 0 Å². The first-order chi connectivity index (χ1) is 10.2. The maximum atomic E-state index is 6.29. The predicted octanol–water partition coefficient (Wildman–Crippen LogP) is 2.55. The van der Waals surface area contributed by atoms with Crippen molar-refractivity contribution in [2.45, 2.75) is 31.8 Å². The van der Waals surface area contributed by atoms with Crippen LogP contribution in [0.1, 0.15) is 25.0 Å². The zero-order valence-electron chi connectivity index (χ0n) is 12.1. The minimum absolute atomic E-state index is 0.397. The molecule has 2 fully saturated rings. The molecule has 4 nitrogen and oxygen atoms in total. The summed E-state index contributed by atoms with van der Waals surface area (Å²) in [5, 5.41) is 0.740. The predicted molar refractivity (Wildman–Crippen MR) is 84.3 cm³/mol. The van der Waals surface area contributed by atoms with E-state index >= 15 is 0 Å². The number of fused-ring (bicyclic) bond motifs is 2. The lowest BCUT2D eigenvalue weighted by atomic mass is 9.78. The van der Waals surface area contributed by atoms with Crippen molar-refractivity contribution in [3.8, 4) is 0 Å². The van der Waals surface area contributed by atoms with Gasteiger partial charge in [-0.1, -0.05) is 18.0 Å². The highest BCUT2D eigenvalue weighted by molar-refractivity contribution is 6.30. The molecule has 0 radical (unpaired) electrons. The number of imidazole rings is 1. The van der Waals surface area contributed by atoms with Crippen molar-refractivity contribution in [2.24, 2.45) is 17.6 Å². The second kappa shape index (κ2) is 5.27. The number of nitrogens with two attached hydrogens (primary N) is 1. The first-order valence-electron chi connectivity index (χ1n) is 7.80. The molecule has 0 bridgehead atoms. The third-order valence-electron chi connectivity index (χ3n) is 5.08. The Bertz CT molecular complexity index is 653. The van der Waals surface area contributed by atoms with Crippen LogP contribution in [0.5, 0.6) is 0 Å². The lowest BCUT2D eigenvalue weighted by Crippen LogP contribution is -2.38. The van der Waals surface area contributed by atoms with E-state index in [0.29, 0.717) is 12.0 Å². The van der Waals surface area contributed by atoms with E-state index in [2.05, 4.69) is 16.1 Å². The summed E-state index contributed by atoms with van der Waals surface area (Å²) in [6.45, 7) is 3.21. The number of rotatable bonds is 2. The number of nitrogens with zero attached hydrogens (tertiary/aromatic N) is 3. The largest absolute Gasteiger partial charge is 0.327 e. The minimum atomic E-state index is 0.397. The standard InChI is InChI=1S/C16H21ClN4/c17-12-4-5-16-19-13(9-21(16)7-12)8-20-6-11-2-1-3-15(18)14(11)10-20/h4-5,7,9,11,14-15H,1-3,6,8,10,18H2. The fourth-order valence-corrected chi connectivity index (χ4v) is 4.23. The third kappa shape index (κ3) is 2.56. The van der Waals surface area contributed by atoms with E-state index in [0.717, 1.165) is 35.4 Å². The van der Waals surface area contributed by atoms with Gasteiger partial charge in [0.05, 0.1) is 10.7 Å². The Balaban J connectivity index is 1.50. The zero-order chi connectivity index (χ0) is 14.4. The zero-order valence-corrected chi connectivity index (χ0v) is 12.8. The molecule has 5 heteroatoms. The highest BCUT2D eigenvalue weighted by Gasteiger charge is 2.38. The molecule has 0 amide bonds. The van der Waals surface area contributed by atoms with Gasteiger partial charge in [0.2, 0.25) is 0 Å². The molecule has 2 aromatic rings. The van der Waals surface area contributed by atoms with E-state index in [4.69, 9.17) is 17.3 Å². The summed E-state index contributed by atoms with van der Waals surface area (Å²) in [5.74, 6) is 1.48. The molecule has 21 heavy (non-hydrogen) atoms. The van der Waals surface area contributed by atoms with Crippen molar-refractivity contribution in [3.63, 3.8) is 0 Å². The van der Waals surface area contributed by atoms with Crippen molar-refractivity contribution >= 4 is 17.2 Å². The molecule has 3 atom stereocenters. The maximum absolute atomic E-state index is 6.29. The van der Waals surface area contributed by atoms with E-state index in [1.54, 1.807) is 0 Å². The fourth-order valence-electron chi connectivity index (χ4n) is 4.06. The highest BCUT2D eigenvalue weighted by atomic mass is 35.5. The van der Waals surface area contributed by atoms with Gasteiger partial charge in [0, 0.05) is 38.1 Å². The molecular formula is C16H21ClN4. The Hall–Kier alpha value is -1.10. The molecular weight excluding hydrogens is 284 g/mol. The van der Waals surface area contributed by atoms with Gasteiger partial charge in [-0.05, 0) is 36.8 Å². The topological polar surface area (TPSA) is 46.6 Å². The molecule has 1 aliphatic carbocycles. The average molecular weight is 305 g/mol. The maximum Gasteiger partial charge on any atom is 0.137 e. The van der Waals surface area contributed by atoms with Crippen molar-refractivity contribution in [2.75, 3.05) is 13.1 Å². The molecule has 1 saturated heterocycles. The van der Waals surface area contributed by atoms with Gasteiger partial charge >= 0.3 is 0 Å². The summed E-state index contributed by atoms with van der Waals surface area (Å²) in [7, 11) is 0. The normalized spacial score (nSPS) is 29.9. The molecule has 4 rings (SSSR count). The number of halogens is 1. The summed E-state index contributed by atoms with van der Waals surface area (Å²) in [6, 6.07) is 4.25. The molecule has 1 aliphatic heterocycles. The van der Waals surface area contributed by atoms with E-state index in [9.17, 15) is 0 Å². The van der Waals surface area contributed by atoms with Crippen LogP contribution in [0.3, 0.4) is 0 Å². The lowest BCUT2D eigenvalue weighted by molar-refractivity contribution is 0.259. The summed E-state index contributed by atoms with van der Waals surface area (Å²) in [5.41, 5.74) is 8.37. The molecule has 3 unspecified atom stereocenters. The van der Waals surface area contributed by atoms with Crippen LogP contribution in [-0.4, -0.2) is 33.4 Å². The minimum Gasteiger partial charge on any atom is -0.327 e. The van der Waals surface area contributed by atoms with Crippen LogP contribution in [0, 0.1) is 11.8 Å². The second-order valence-electron chi connectivity index (χ2n) is 6.56. The van der Waals surface area contributed by atoms with Crippen LogP contribution in [0.25, 0.3) is 5.65 Å². The Morgan fingerprint density at radius 2 is 2.14 bits per heavy atom. The molecule has 1 saturated carbocycles. The fraction of sp³-hybridized carbons (Fsp3) is 0.562. The Labute approximate surface area is 129 Å². The first-order valence-corrected chi connectivity index (χ1v) is 8.18. The van der Waals surface area contributed by atoms with Gasteiger partial charge in [0.15, 0.2) is 0 Å². The number of hydrogen-bond donors (Lipinski definition) is 1. The van der Waals surface area contributed by atoms with Gasteiger partial charge < -0.3 is 10.1 Å². The van der Waals surface area contributed by atoms with Crippen molar-refractivity contribution in [1.82, 2.24) is 14.3 Å². The summed E-state index contributed by atoms with van der Waals surface area (Å²) < 4.78 is 2.01. The molecule has 0 spiro atoms. The van der Waals surface area contributed by atoms with Gasteiger partial charge in [-0.2, -0.15) is 0 Å². The smallest absolute Gasteiger partial charge is 0.137 e. The quantitative estimate of drug-likeness (QED) is 0.927.